The van der Waals surface area contributed by atoms with Crippen LogP contribution in [0.2, 0.25) is 0 Å². The van der Waals surface area contributed by atoms with Gasteiger partial charge in [0.2, 0.25) is 0 Å². The van der Waals surface area contributed by atoms with E-state index in [1.54, 1.807) is 12.4 Å². The van der Waals surface area contributed by atoms with Gasteiger partial charge in [0.15, 0.2) is 0 Å². The molecule has 0 aromatic carbocycles. The molecule has 4 rings (SSSR count). The average molecular weight is 279 g/mol. The molecule has 7 nitrogen and oxygen atoms in total. The normalized spacial score (nSPS) is 17.6. The van der Waals surface area contributed by atoms with Gasteiger partial charge in [-0.25, -0.2) is 15.3 Å². The Balaban J connectivity index is 2.04. The van der Waals surface area contributed by atoms with Crippen molar-refractivity contribution in [3.05, 3.63) is 67.5 Å². The van der Waals surface area contributed by atoms with Crippen LogP contribution in [0.3, 0.4) is 0 Å². The van der Waals surface area contributed by atoms with E-state index in [0.29, 0.717) is 0 Å². The molecule has 3 aromatic rings. The highest BCUT2D eigenvalue weighted by Gasteiger charge is 2.53. The minimum atomic E-state index is -1.61. The highest BCUT2D eigenvalue weighted by molar-refractivity contribution is 6.70. The first kappa shape index (κ1) is 11.9. The smallest absolute Gasteiger partial charge is 0.353 e. The molecule has 0 fully saturated rings. The second kappa shape index (κ2) is 4.59. The summed E-state index contributed by atoms with van der Waals surface area (Å²) < 4.78 is 5.85. The Labute approximate surface area is 121 Å². The number of hydrogen-bond acceptors (Lipinski definition) is 3. The second-order valence-electron chi connectivity index (χ2n) is 4.98. The zero-order chi connectivity index (χ0) is 14.1. The number of aromatic amines is 1. The molecule has 1 unspecified atom stereocenters. The Morgan fingerprint density at radius 3 is 2.29 bits per heavy atom. The summed E-state index contributed by atoms with van der Waals surface area (Å²) in [5.74, 6) is -0.103. The number of aliphatic imine (C=N–C) groups is 1. The quantitative estimate of drug-likeness (QED) is 0.690. The van der Waals surface area contributed by atoms with Crippen molar-refractivity contribution in [2.45, 2.75) is 5.94 Å². The lowest BCUT2D eigenvalue weighted by atomic mass is 9.52. The monoisotopic (exact) mass is 279 g/mol. The molecule has 0 amide bonds. The van der Waals surface area contributed by atoms with Gasteiger partial charge in [0.1, 0.15) is 6.20 Å². The van der Waals surface area contributed by atoms with Crippen LogP contribution in [0, 0.1) is 0 Å². The lowest BCUT2D eigenvalue weighted by Gasteiger charge is -2.35. The van der Waals surface area contributed by atoms with E-state index in [1.165, 1.54) is 0 Å². The molecule has 104 valence electrons. The lowest BCUT2D eigenvalue weighted by Crippen LogP contribution is -2.80. The van der Waals surface area contributed by atoms with Gasteiger partial charge in [0.05, 0.1) is 12.1 Å². The fourth-order valence-electron chi connectivity index (χ4n) is 3.04. The number of hydrogen-bond donors (Lipinski definition) is 1. The van der Waals surface area contributed by atoms with Crippen molar-refractivity contribution in [3.63, 3.8) is 0 Å². The van der Waals surface area contributed by atoms with Crippen molar-refractivity contribution in [3.8, 4) is 0 Å². The molecule has 0 aliphatic carbocycles. The SMILES string of the molecule is C1=CC([B-](n2cccn2)(n2cccn2)[n+]2ccc[nH]2)N=C1. The van der Waals surface area contributed by atoms with Gasteiger partial charge in [0, 0.05) is 24.7 Å². The number of nitrogens with zero attached hydrogens (tertiary/aromatic N) is 6. The van der Waals surface area contributed by atoms with Crippen molar-refractivity contribution in [1.82, 2.24) is 24.5 Å². The van der Waals surface area contributed by atoms with E-state index in [9.17, 15) is 0 Å². The molecule has 1 atom stereocenters. The molecule has 0 spiro atoms. The van der Waals surface area contributed by atoms with E-state index < -0.39 is 6.55 Å². The summed E-state index contributed by atoms with van der Waals surface area (Å²) in [6.07, 6.45) is 17.1. The Hall–Kier alpha value is -2.90. The Morgan fingerprint density at radius 1 is 1.05 bits per heavy atom. The van der Waals surface area contributed by atoms with Crippen molar-refractivity contribution < 1.29 is 4.59 Å². The van der Waals surface area contributed by atoms with Gasteiger partial charge < -0.3 is 14.2 Å². The number of nitrogens with one attached hydrogen (secondary N) is 1. The number of aromatic nitrogens is 6. The fourth-order valence-corrected chi connectivity index (χ4v) is 3.04. The van der Waals surface area contributed by atoms with E-state index in [0.717, 1.165) is 0 Å². The van der Waals surface area contributed by atoms with E-state index in [-0.39, 0.29) is 5.94 Å². The lowest BCUT2D eigenvalue weighted by molar-refractivity contribution is -0.616. The fraction of sp³-hybridized carbons (Fsp3) is 0.0769. The molecule has 1 aliphatic rings. The minimum Gasteiger partial charge on any atom is -0.353 e. The molecular formula is C13H14BN7. The summed E-state index contributed by atoms with van der Waals surface area (Å²) in [7, 11) is 0. The summed E-state index contributed by atoms with van der Waals surface area (Å²) in [6.45, 7) is -1.61. The summed E-state index contributed by atoms with van der Waals surface area (Å²) in [4.78, 5) is 4.61. The molecule has 1 aliphatic heterocycles. The largest absolute Gasteiger partial charge is 0.563 e. The molecule has 0 radical (unpaired) electrons. The third-order valence-corrected chi connectivity index (χ3v) is 3.92. The number of H-pyrrole nitrogens is 1. The van der Waals surface area contributed by atoms with Crippen LogP contribution in [0.5, 0.6) is 0 Å². The molecule has 1 N–H and O–H groups in total. The van der Waals surface area contributed by atoms with Gasteiger partial charge >= 0.3 is 6.55 Å². The summed E-state index contributed by atoms with van der Waals surface area (Å²) >= 11 is 0. The van der Waals surface area contributed by atoms with Crippen molar-refractivity contribution in [2.75, 3.05) is 0 Å². The van der Waals surface area contributed by atoms with Gasteiger partial charge in [-0.15, -0.1) is 0 Å². The first-order valence-corrected chi connectivity index (χ1v) is 6.83. The van der Waals surface area contributed by atoms with Crippen LogP contribution in [0.4, 0.5) is 0 Å². The van der Waals surface area contributed by atoms with Crippen LogP contribution < -0.4 is 4.59 Å². The molecule has 0 saturated heterocycles. The maximum atomic E-state index is 4.61. The zero-order valence-corrected chi connectivity index (χ0v) is 11.3. The maximum absolute atomic E-state index is 4.61. The highest BCUT2D eigenvalue weighted by atomic mass is 15.5. The van der Waals surface area contributed by atoms with Crippen molar-refractivity contribution >= 4 is 12.8 Å². The Kier molecular flexibility index (Phi) is 2.60. The van der Waals surface area contributed by atoms with E-state index in [1.807, 2.05) is 69.1 Å². The molecule has 0 bridgehead atoms. The molecule has 0 saturated carbocycles. The molecule has 3 aromatic heterocycles. The predicted octanol–water partition coefficient (Wildman–Crippen LogP) is 0.127. The van der Waals surface area contributed by atoms with Crippen LogP contribution in [0.1, 0.15) is 0 Å². The first-order chi connectivity index (χ1) is 10.4. The first-order valence-electron chi connectivity index (χ1n) is 6.83. The topological polar surface area (TPSA) is 67.7 Å². The highest BCUT2D eigenvalue weighted by Crippen LogP contribution is 2.16. The van der Waals surface area contributed by atoms with Crippen molar-refractivity contribution in [1.29, 1.82) is 0 Å². The van der Waals surface area contributed by atoms with Crippen LogP contribution in [-0.2, 0) is 0 Å². The molecule has 21 heavy (non-hydrogen) atoms. The van der Waals surface area contributed by atoms with Gasteiger partial charge in [-0.3, -0.25) is 4.59 Å². The van der Waals surface area contributed by atoms with E-state index >= 15 is 0 Å². The Morgan fingerprint density at radius 2 is 1.81 bits per heavy atom. The van der Waals surface area contributed by atoms with Crippen LogP contribution in [-0.4, -0.2) is 43.2 Å². The van der Waals surface area contributed by atoms with Crippen LogP contribution in [0.25, 0.3) is 0 Å². The van der Waals surface area contributed by atoms with Gasteiger partial charge in [-0.05, 0) is 30.6 Å². The van der Waals surface area contributed by atoms with Crippen LogP contribution >= 0.6 is 0 Å². The van der Waals surface area contributed by atoms with E-state index in [4.69, 9.17) is 0 Å². The van der Waals surface area contributed by atoms with Gasteiger partial charge in [-0.1, -0.05) is 6.08 Å². The average Bonchev–Trinajstić information content (AvgIpc) is 3.32. The third kappa shape index (κ3) is 1.62. The Bertz CT molecular complexity index is 659. The van der Waals surface area contributed by atoms with Crippen LogP contribution in [0.15, 0.2) is 72.5 Å². The maximum Gasteiger partial charge on any atom is 0.563 e. The zero-order valence-electron chi connectivity index (χ0n) is 11.3. The van der Waals surface area contributed by atoms with Gasteiger partial charge in [-0.2, -0.15) is 0 Å². The third-order valence-electron chi connectivity index (χ3n) is 3.92. The van der Waals surface area contributed by atoms with E-state index in [2.05, 4.69) is 26.4 Å². The summed E-state index contributed by atoms with van der Waals surface area (Å²) in [5, 5.41) is 12.2. The second-order valence-corrected chi connectivity index (χ2v) is 4.98. The number of rotatable bonds is 4. The molecular weight excluding hydrogens is 265 g/mol. The standard InChI is InChI=1S/C13H14BN7/c1-5-13(15-6-1)14(19-10-2-7-16-19,20-11-3-8-17-20)21-12-4-9-18-21/h1-13,16H. The molecule has 4 heterocycles. The van der Waals surface area contributed by atoms with Crippen molar-refractivity contribution in [2.24, 2.45) is 4.99 Å². The molecule has 8 heteroatoms. The number of allylic oxidation sites excluding steroid dienone is 1. The van der Waals surface area contributed by atoms with Gasteiger partial charge in [0.25, 0.3) is 0 Å². The summed E-state index contributed by atoms with van der Waals surface area (Å²) in [5.41, 5.74) is 0. The minimum absolute atomic E-state index is 0.103. The summed E-state index contributed by atoms with van der Waals surface area (Å²) in [6, 6.07) is 5.77. The predicted molar refractivity (Wildman–Crippen MR) is 78.8 cm³/mol.